The Labute approximate surface area is 233 Å². The smallest absolute Gasteiger partial charge is 0.296 e. The van der Waals surface area contributed by atoms with Crippen LogP contribution in [0, 0.1) is 0 Å². The van der Waals surface area contributed by atoms with Crippen LogP contribution in [0.3, 0.4) is 0 Å². The molecule has 39 heavy (non-hydrogen) atoms. The van der Waals surface area contributed by atoms with Crippen molar-refractivity contribution in [3.05, 3.63) is 97.1 Å². The number of hydrogen-bond acceptors (Lipinski definition) is 10. The van der Waals surface area contributed by atoms with Gasteiger partial charge in [-0.25, -0.2) is 14.9 Å². The Bertz CT molecular complexity index is 1480. The molecule has 1 unspecified atom stereocenters. The molecule has 0 amide bonds. The van der Waals surface area contributed by atoms with Gasteiger partial charge in [0.1, 0.15) is 5.82 Å². The van der Waals surface area contributed by atoms with Crippen LogP contribution in [0.1, 0.15) is 19.5 Å². The lowest BCUT2D eigenvalue weighted by Crippen LogP contribution is -2.06. The van der Waals surface area contributed by atoms with E-state index in [2.05, 4.69) is 47.5 Å². The first-order valence-electron chi connectivity index (χ1n) is 12.3. The predicted molar refractivity (Wildman–Crippen MR) is 157 cm³/mol. The highest BCUT2D eigenvalue weighted by Crippen LogP contribution is 2.35. The van der Waals surface area contributed by atoms with E-state index in [1.165, 1.54) is 19.1 Å². The largest absolute Gasteiger partial charge is 0.364 e. The average molecular weight is 561 g/mol. The number of anilines is 1. The van der Waals surface area contributed by atoms with Crippen LogP contribution in [0.4, 0.5) is 5.82 Å². The zero-order valence-corrected chi connectivity index (χ0v) is 23.5. The van der Waals surface area contributed by atoms with E-state index in [1.54, 1.807) is 18.6 Å². The number of benzene rings is 2. The SMILES string of the molecule is CC.COOP(O)NSc1cncc(-c2nc(NCc3ccccn3)c3c(-c4ccccc4)cccc3n2)c1. The third-order valence-electron chi connectivity index (χ3n) is 5.33. The van der Waals surface area contributed by atoms with Gasteiger partial charge in [0, 0.05) is 29.0 Å². The molecule has 0 spiro atoms. The number of aromatic nitrogens is 4. The van der Waals surface area contributed by atoms with Crippen molar-refractivity contribution in [3.8, 4) is 22.5 Å². The highest BCUT2D eigenvalue weighted by Gasteiger charge is 2.15. The molecule has 9 nitrogen and oxygen atoms in total. The third-order valence-corrected chi connectivity index (χ3v) is 7.07. The number of hydrogen-bond donors (Lipinski definition) is 3. The summed E-state index contributed by atoms with van der Waals surface area (Å²) in [4.78, 5) is 33.6. The van der Waals surface area contributed by atoms with Crippen molar-refractivity contribution < 1.29 is 14.5 Å². The maximum Gasteiger partial charge on any atom is 0.296 e. The molecule has 200 valence electrons. The first-order chi connectivity index (χ1) is 19.2. The molecule has 3 heterocycles. The minimum Gasteiger partial charge on any atom is -0.364 e. The minimum atomic E-state index is -1.93. The van der Waals surface area contributed by atoms with E-state index < -0.39 is 8.53 Å². The summed E-state index contributed by atoms with van der Waals surface area (Å²) in [7, 11) is -0.601. The van der Waals surface area contributed by atoms with Gasteiger partial charge < -0.3 is 10.2 Å². The normalized spacial score (nSPS) is 11.5. The van der Waals surface area contributed by atoms with Gasteiger partial charge in [-0.05, 0) is 47.3 Å². The molecule has 0 saturated heterocycles. The summed E-state index contributed by atoms with van der Waals surface area (Å²) in [6.07, 6.45) is 5.16. The van der Waals surface area contributed by atoms with Crippen LogP contribution < -0.4 is 9.81 Å². The molecule has 1 atom stereocenters. The van der Waals surface area contributed by atoms with Crippen LogP contribution in [0.15, 0.2) is 96.3 Å². The fourth-order valence-electron chi connectivity index (χ4n) is 3.75. The van der Waals surface area contributed by atoms with E-state index >= 15 is 0 Å². The monoisotopic (exact) mass is 560 g/mol. The van der Waals surface area contributed by atoms with Gasteiger partial charge in [0.2, 0.25) is 0 Å². The van der Waals surface area contributed by atoms with Gasteiger partial charge in [-0.15, -0.1) is 0 Å². The number of rotatable bonds is 10. The molecule has 5 aromatic rings. The Kier molecular flexibility index (Phi) is 10.7. The summed E-state index contributed by atoms with van der Waals surface area (Å²) < 4.78 is 7.46. The summed E-state index contributed by atoms with van der Waals surface area (Å²) in [6.45, 7) is 4.51. The van der Waals surface area contributed by atoms with Gasteiger partial charge >= 0.3 is 0 Å². The summed E-state index contributed by atoms with van der Waals surface area (Å²) in [5.74, 6) is 1.23. The second-order valence-electron chi connectivity index (χ2n) is 7.75. The highest BCUT2D eigenvalue weighted by molar-refractivity contribution is 8.01. The molecule has 0 bridgehead atoms. The van der Waals surface area contributed by atoms with Crippen molar-refractivity contribution in [2.45, 2.75) is 25.3 Å². The fourth-order valence-corrected chi connectivity index (χ4v) is 5.05. The zero-order valence-electron chi connectivity index (χ0n) is 21.8. The van der Waals surface area contributed by atoms with Gasteiger partial charge in [0.05, 0.1) is 30.3 Å². The predicted octanol–water partition coefficient (Wildman–Crippen LogP) is 6.79. The number of nitrogens with zero attached hydrogens (tertiary/aromatic N) is 4. The Balaban J connectivity index is 0.00000172. The third kappa shape index (κ3) is 7.54. The maximum absolute atomic E-state index is 9.75. The van der Waals surface area contributed by atoms with Crippen LogP contribution in [-0.2, 0) is 16.1 Å². The number of nitrogens with one attached hydrogen (secondary N) is 2. The van der Waals surface area contributed by atoms with E-state index in [-0.39, 0.29) is 0 Å². The molecule has 3 N–H and O–H groups in total. The van der Waals surface area contributed by atoms with Gasteiger partial charge in [0.25, 0.3) is 8.53 Å². The number of pyridine rings is 2. The molecule has 5 rings (SSSR count). The van der Waals surface area contributed by atoms with Crippen LogP contribution >= 0.6 is 20.5 Å². The molecule has 0 radical (unpaired) electrons. The molecule has 3 aromatic heterocycles. The van der Waals surface area contributed by atoms with Crippen LogP contribution in [-0.4, -0.2) is 31.9 Å². The lowest BCUT2D eigenvalue weighted by atomic mass is 10.0. The second-order valence-corrected chi connectivity index (χ2v) is 9.85. The van der Waals surface area contributed by atoms with Crippen molar-refractivity contribution in [1.29, 1.82) is 0 Å². The average Bonchev–Trinajstić information content (AvgIpc) is 3.00. The van der Waals surface area contributed by atoms with E-state index in [0.29, 0.717) is 18.2 Å². The minimum absolute atomic E-state index is 0.507. The Morgan fingerprint density at radius 1 is 0.923 bits per heavy atom. The fraction of sp³-hybridized carbons (Fsp3) is 0.143. The van der Waals surface area contributed by atoms with E-state index in [9.17, 15) is 4.89 Å². The van der Waals surface area contributed by atoms with E-state index in [0.717, 1.165) is 38.2 Å². The van der Waals surface area contributed by atoms with Crippen molar-refractivity contribution in [1.82, 2.24) is 24.4 Å². The van der Waals surface area contributed by atoms with Crippen molar-refractivity contribution in [2.24, 2.45) is 0 Å². The first kappa shape index (κ1) is 28.5. The standard InChI is InChI=1S/C26H23N6O3PS.C2H6/c1-34-35-36(33)32-37-21-14-19(15-27-17-21)25-30-23-12-7-11-22(18-8-3-2-4-9-18)24(23)26(31-25)29-16-20-10-5-6-13-28-20;1-2/h2-15,17,32-33H,16H2,1H3,(H,29,30,31);1-2H3. The van der Waals surface area contributed by atoms with Crippen LogP contribution in [0.2, 0.25) is 0 Å². The summed E-state index contributed by atoms with van der Waals surface area (Å²) in [5.41, 5.74) is 4.55. The van der Waals surface area contributed by atoms with Crippen molar-refractivity contribution in [2.75, 3.05) is 12.4 Å². The topological polar surface area (TPSA) is 114 Å². The molecular formula is C28H29N6O3PS. The second kappa shape index (κ2) is 14.6. The van der Waals surface area contributed by atoms with Gasteiger partial charge in [-0.2, -0.15) is 9.17 Å². The molecule has 0 fully saturated rings. The molecule has 0 aliphatic heterocycles. The van der Waals surface area contributed by atoms with Crippen LogP contribution in [0.25, 0.3) is 33.4 Å². The zero-order chi connectivity index (χ0) is 27.5. The Hall–Kier alpha value is -3.50. The van der Waals surface area contributed by atoms with Gasteiger partial charge in [-0.1, -0.05) is 62.4 Å². The summed E-state index contributed by atoms with van der Waals surface area (Å²) in [6, 6.07) is 24.0. The maximum atomic E-state index is 9.75. The lowest BCUT2D eigenvalue weighted by Gasteiger charge is -2.15. The number of fused-ring (bicyclic) bond motifs is 1. The Morgan fingerprint density at radius 3 is 2.51 bits per heavy atom. The van der Waals surface area contributed by atoms with E-state index in [1.807, 2.05) is 68.4 Å². The molecule has 11 heteroatoms. The van der Waals surface area contributed by atoms with Gasteiger partial charge in [-0.3, -0.25) is 9.97 Å². The highest BCUT2D eigenvalue weighted by atomic mass is 32.2. The quantitative estimate of drug-likeness (QED) is 0.0730. The first-order valence-corrected chi connectivity index (χ1v) is 14.3. The molecule has 0 aliphatic rings. The summed E-state index contributed by atoms with van der Waals surface area (Å²) >= 11 is 1.17. The van der Waals surface area contributed by atoms with Crippen molar-refractivity contribution >= 4 is 37.2 Å². The summed E-state index contributed by atoms with van der Waals surface area (Å²) in [5, 5.41) is 4.41. The lowest BCUT2D eigenvalue weighted by molar-refractivity contribution is -0.177. The molecule has 0 aliphatic carbocycles. The van der Waals surface area contributed by atoms with Crippen molar-refractivity contribution in [3.63, 3.8) is 0 Å². The van der Waals surface area contributed by atoms with Gasteiger partial charge in [0.15, 0.2) is 5.82 Å². The molecular weight excluding hydrogens is 531 g/mol. The Morgan fingerprint density at radius 2 is 1.74 bits per heavy atom. The molecule has 2 aromatic carbocycles. The van der Waals surface area contributed by atoms with Crippen LogP contribution in [0.5, 0.6) is 0 Å². The molecule has 0 saturated carbocycles. The van der Waals surface area contributed by atoms with E-state index in [4.69, 9.17) is 9.97 Å².